The van der Waals surface area contributed by atoms with Crippen molar-refractivity contribution in [2.75, 3.05) is 44.7 Å². The lowest BCUT2D eigenvalue weighted by Gasteiger charge is -2.26. The first kappa shape index (κ1) is 26.8. The van der Waals surface area contributed by atoms with E-state index in [1.807, 2.05) is 36.4 Å². The maximum atomic E-state index is 12.6. The van der Waals surface area contributed by atoms with E-state index in [4.69, 9.17) is 9.72 Å². The van der Waals surface area contributed by atoms with Crippen molar-refractivity contribution in [2.45, 2.75) is 19.3 Å². The van der Waals surface area contributed by atoms with Gasteiger partial charge < -0.3 is 20.5 Å². The summed E-state index contributed by atoms with van der Waals surface area (Å²) in [6.07, 6.45) is 4.55. The number of anilines is 2. The monoisotopic (exact) mass is 543 g/mol. The molecule has 39 heavy (non-hydrogen) atoms. The Kier molecular flexibility index (Phi) is 9.16. The molecule has 0 spiro atoms. The number of phenolic OH excluding ortho intramolecular Hbond substituents is 1. The van der Waals surface area contributed by atoms with Crippen LogP contribution in [0.4, 0.5) is 11.6 Å². The number of ether oxygens (including phenoxy) is 1. The zero-order valence-electron chi connectivity index (χ0n) is 21.8. The number of aromatic hydroxyl groups is 1. The Morgan fingerprint density at radius 2 is 1.85 bits per heavy atom. The van der Waals surface area contributed by atoms with Gasteiger partial charge in [-0.1, -0.05) is 24.3 Å². The van der Waals surface area contributed by atoms with Gasteiger partial charge in [-0.2, -0.15) is 0 Å². The van der Waals surface area contributed by atoms with Gasteiger partial charge in [-0.25, -0.2) is 9.97 Å². The number of hydrogen-bond acceptors (Lipinski definition) is 8. The molecule has 1 fully saturated rings. The molecule has 3 N–H and O–H groups in total. The number of benzene rings is 2. The van der Waals surface area contributed by atoms with Crippen LogP contribution >= 0.6 is 11.3 Å². The molecular weight excluding hydrogens is 510 g/mol. The Balaban J connectivity index is 1.14. The topological polar surface area (TPSA) is 99.6 Å². The van der Waals surface area contributed by atoms with Crippen LogP contribution in [-0.2, 0) is 17.6 Å². The minimum Gasteiger partial charge on any atom is -0.508 e. The molecule has 0 atom stereocenters. The van der Waals surface area contributed by atoms with Crippen LogP contribution < -0.4 is 10.6 Å². The van der Waals surface area contributed by atoms with Crippen LogP contribution in [0.2, 0.25) is 0 Å². The fourth-order valence-corrected chi connectivity index (χ4v) is 5.38. The van der Waals surface area contributed by atoms with Crippen LogP contribution in [0.1, 0.15) is 27.2 Å². The molecule has 0 radical (unpaired) electrons. The van der Waals surface area contributed by atoms with Crippen LogP contribution in [0.25, 0.3) is 10.6 Å². The van der Waals surface area contributed by atoms with Crippen molar-refractivity contribution >= 4 is 28.9 Å². The number of nitrogens with one attached hydrogen (secondary N) is 2. The molecule has 2 aromatic carbocycles. The normalized spacial score (nSPS) is 13.7. The second-order valence-corrected chi connectivity index (χ2v) is 10.6. The number of nitrogens with zero attached hydrogens (tertiary/aromatic N) is 3. The third-order valence-electron chi connectivity index (χ3n) is 6.60. The standard InChI is InChI=1S/C30H33N5O3S/c36-25-8-6-22(7-9-25)12-14-31-29(37)28-11-10-27(39-28)26-13-15-32-30(34-26)33-24-5-1-3-23(21-24)4-2-16-35-17-19-38-20-18-35/h1,3,5-11,13,15,21,36H,2,4,12,14,16-20H2,(H,31,37)(H,32,33,34). The van der Waals surface area contributed by atoms with E-state index in [-0.39, 0.29) is 11.7 Å². The molecule has 0 aliphatic carbocycles. The van der Waals surface area contributed by atoms with E-state index in [9.17, 15) is 9.90 Å². The van der Waals surface area contributed by atoms with Gasteiger partial charge in [-0.05, 0) is 79.4 Å². The molecular formula is C30H33N5O3S. The fourth-order valence-electron chi connectivity index (χ4n) is 4.49. The third kappa shape index (κ3) is 7.86. The molecule has 8 nitrogen and oxygen atoms in total. The van der Waals surface area contributed by atoms with Crippen molar-refractivity contribution in [2.24, 2.45) is 0 Å². The summed E-state index contributed by atoms with van der Waals surface area (Å²) in [5.41, 5.74) is 4.06. The highest BCUT2D eigenvalue weighted by atomic mass is 32.1. The van der Waals surface area contributed by atoms with Crippen LogP contribution in [0, 0.1) is 0 Å². The van der Waals surface area contributed by atoms with Gasteiger partial charge in [0.15, 0.2) is 0 Å². The summed E-state index contributed by atoms with van der Waals surface area (Å²) >= 11 is 1.41. The van der Waals surface area contributed by atoms with Gasteiger partial charge in [0.2, 0.25) is 5.95 Å². The summed E-state index contributed by atoms with van der Waals surface area (Å²) < 4.78 is 5.43. The highest BCUT2D eigenvalue weighted by Gasteiger charge is 2.12. The Hall–Kier alpha value is -3.79. The average Bonchev–Trinajstić information content (AvgIpc) is 3.46. The van der Waals surface area contributed by atoms with Crippen molar-refractivity contribution in [3.63, 3.8) is 0 Å². The van der Waals surface area contributed by atoms with Crippen molar-refractivity contribution in [3.8, 4) is 16.3 Å². The second kappa shape index (κ2) is 13.3. The predicted molar refractivity (Wildman–Crippen MR) is 155 cm³/mol. The maximum absolute atomic E-state index is 12.6. The number of carbonyl (C=O) groups excluding carboxylic acids is 1. The zero-order valence-corrected chi connectivity index (χ0v) is 22.6. The Morgan fingerprint density at radius 1 is 1.00 bits per heavy atom. The third-order valence-corrected chi connectivity index (χ3v) is 7.71. The molecule has 4 aromatic rings. The van der Waals surface area contributed by atoms with E-state index in [1.165, 1.54) is 16.9 Å². The Bertz CT molecular complexity index is 1370. The number of thiophene rings is 1. The van der Waals surface area contributed by atoms with Crippen LogP contribution in [0.15, 0.2) is 72.9 Å². The summed E-state index contributed by atoms with van der Waals surface area (Å²) in [4.78, 5) is 25.7. The maximum Gasteiger partial charge on any atom is 0.261 e. The van der Waals surface area contributed by atoms with E-state index >= 15 is 0 Å². The molecule has 1 aliphatic rings. The number of aryl methyl sites for hydroxylation is 1. The number of phenols is 1. The highest BCUT2D eigenvalue weighted by Crippen LogP contribution is 2.27. The molecule has 5 rings (SSSR count). The van der Waals surface area contributed by atoms with Crippen LogP contribution in [0.5, 0.6) is 5.75 Å². The van der Waals surface area contributed by atoms with Crippen molar-refractivity contribution < 1.29 is 14.6 Å². The number of morpholine rings is 1. The average molecular weight is 544 g/mol. The van der Waals surface area contributed by atoms with Gasteiger partial charge in [0, 0.05) is 31.5 Å². The summed E-state index contributed by atoms with van der Waals surface area (Å²) in [7, 11) is 0. The molecule has 2 aromatic heterocycles. The number of hydrogen-bond donors (Lipinski definition) is 3. The molecule has 1 saturated heterocycles. The van der Waals surface area contributed by atoms with Crippen molar-refractivity contribution in [1.29, 1.82) is 0 Å². The van der Waals surface area contributed by atoms with Gasteiger partial charge in [0.05, 0.1) is 28.7 Å². The summed E-state index contributed by atoms with van der Waals surface area (Å²) in [5, 5.41) is 15.7. The van der Waals surface area contributed by atoms with Crippen molar-refractivity contribution in [3.05, 3.63) is 88.9 Å². The molecule has 1 amide bonds. The molecule has 0 unspecified atom stereocenters. The molecule has 1 aliphatic heterocycles. The van der Waals surface area contributed by atoms with Crippen molar-refractivity contribution in [1.82, 2.24) is 20.2 Å². The van der Waals surface area contributed by atoms with E-state index in [1.54, 1.807) is 18.3 Å². The van der Waals surface area contributed by atoms with E-state index < -0.39 is 0 Å². The smallest absolute Gasteiger partial charge is 0.261 e. The minimum absolute atomic E-state index is 0.108. The first-order valence-corrected chi connectivity index (χ1v) is 14.1. The lowest BCUT2D eigenvalue weighted by molar-refractivity contribution is 0.0374. The minimum atomic E-state index is -0.108. The number of amides is 1. The lowest BCUT2D eigenvalue weighted by Crippen LogP contribution is -2.36. The molecule has 9 heteroatoms. The fraction of sp³-hybridized carbons (Fsp3) is 0.300. The first-order valence-electron chi connectivity index (χ1n) is 13.3. The lowest BCUT2D eigenvalue weighted by atomic mass is 10.1. The van der Waals surface area contributed by atoms with Gasteiger partial charge in [0.25, 0.3) is 5.91 Å². The van der Waals surface area contributed by atoms with Gasteiger partial charge >= 0.3 is 0 Å². The number of rotatable bonds is 11. The van der Waals surface area contributed by atoms with Gasteiger partial charge in [0.1, 0.15) is 5.75 Å². The Morgan fingerprint density at radius 3 is 2.69 bits per heavy atom. The van der Waals surface area contributed by atoms with Gasteiger partial charge in [-0.3, -0.25) is 9.69 Å². The van der Waals surface area contributed by atoms with Gasteiger partial charge in [-0.15, -0.1) is 11.3 Å². The SMILES string of the molecule is O=C(NCCc1ccc(O)cc1)c1ccc(-c2ccnc(Nc3cccc(CCCN4CCOCC4)c3)n2)s1. The summed E-state index contributed by atoms with van der Waals surface area (Å²) in [6.45, 7) is 5.32. The summed E-state index contributed by atoms with van der Waals surface area (Å²) in [5.74, 6) is 0.648. The molecule has 202 valence electrons. The molecule has 0 saturated carbocycles. The quantitative estimate of drug-likeness (QED) is 0.248. The largest absolute Gasteiger partial charge is 0.508 e. The zero-order chi connectivity index (χ0) is 26.9. The van der Waals surface area contributed by atoms with E-state index in [0.717, 1.165) is 67.5 Å². The number of aromatic nitrogens is 2. The van der Waals surface area contributed by atoms with E-state index in [0.29, 0.717) is 23.8 Å². The molecule has 0 bridgehead atoms. The van der Waals surface area contributed by atoms with Crippen LogP contribution in [-0.4, -0.2) is 65.3 Å². The molecule has 3 heterocycles. The van der Waals surface area contributed by atoms with E-state index in [2.05, 4.69) is 38.7 Å². The Labute approximate surface area is 232 Å². The highest BCUT2D eigenvalue weighted by molar-refractivity contribution is 7.17. The first-order chi connectivity index (χ1) is 19.1. The predicted octanol–water partition coefficient (Wildman–Crippen LogP) is 4.89. The van der Waals surface area contributed by atoms with Crippen LogP contribution in [0.3, 0.4) is 0 Å². The second-order valence-electron chi connectivity index (χ2n) is 9.48. The number of carbonyl (C=O) groups is 1. The summed E-state index contributed by atoms with van der Waals surface area (Å²) in [6, 6.07) is 21.0.